The number of nitrogens with zero attached hydrogens (tertiary/aromatic N) is 2. The quantitative estimate of drug-likeness (QED) is 0.637. The van der Waals surface area contributed by atoms with Crippen molar-refractivity contribution in [3.8, 4) is 0 Å². The summed E-state index contributed by atoms with van der Waals surface area (Å²) < 4.78 is 22.8. The third-order valence-electron chi connectivity index (χ3n) is 3.54. The average molecular weight is 364 g/mol. The lowest BCUT2D eigenvalue weighted by molar-refractivity contribution is 0.0256. The number of aromatic nitrogens is 2. The topological polar surface area (TPSA) is 71.8 Å². The normalized spacial score (nSPS) is 11.8. The molecular formula is C19H28N2O5. The van der Waals surface area contributed by atoms with Crippen LogP contribution in [0.3, 0.4) is 0 Å². The fourth-order valence-electron chi connectivity index (χ4n) is 2.42. The minimum atomic E-state index is -0.554. The van der Waals surface area contributed by atoms with Crippen molar-refractivity contribution in [1.29, 1.82) is 0 Å². The summed E-state index contributed by atoms with van der Waals surface area (Å²) in [5.41, 5.74) is 1.92. The Balaban J connectivity index is 1.95. The summed E-state index contributed by atoms with van der Waals surface area (Å²) in [6.45, 7) is 8.25. The monoisotopic (exact) mass is 364 g/mol. The number of hydrogen-bond donors (Lipinski definition) is 0. The lowest BCUT2D eigenvalue weighted by Crippen LogP contribution is -2.26. The van der Waals surface area contributed by atoms with Crippen LogP contribution >= 0.6 is 0 Å². The first kappa shape index (κ1) is 20.4. The number of rotatable bonds is 9. The molecule has 144 valence electrons. The maximum absolute atomic E-state index is 12.4. The number of pyridine rings is 1. The number of carbonyl (C=O) groups is 1. The lowest BCUT2D eigenvalue weighted by Gasteiger charge is -2.19. The van der Waals surface area contributed by atoms with Crippen LogP contribution in [0.25, 0.3) is 11.0 Å². The Labute approximate surface area is 154 Å². The fraction of sp³-hybridized carbons (Fsp3) is 0.579. The number of carbonyl (C=O) groups excluding carboxylic acids is 1. The number of methoxy groups -OCH3 is 1. The Morgan fingerprint density at radius 2 is 1.81 bits per heavy atom. The molecule has 0 saturated heterocycles. The van der Waals surface area contributed by atoms with Gasteiger partial charge in [-0.05, 0) is 44.9 Å². The Hall–Kier alpha value is -1.96. The number of ether oxygens (including phenoxy) is 4. The van der Waals surface area contributed by atoms with Crippen molar-refractivity contribution in [3.63, 3.8) is 0 Å². The third kappa shape index (κ3) is 6.09. The van der Waals surface area contributed by atoms with Crippen LogP contribution < -0.4 is 0 Å². The summed E-state index contributed by atoms with van der Waals surface area (Å²) in [6.07, 6.45) is 3.75. The molecule has 0 radical (unpaired) electrons. The van der Waals surface area contributed by atoms with Crippen molar-refractivity contribution >= 4 is 17.1 Å². The summed E-state index contributed by atoms with van der Waals surface area (Å²) in [4.78, 5) is 16.9. The SMILES string of the molecule is COCCOCCOCCc1cn(C(=O)OC(C)(C)C)c2cccnc12. The Bertz CT molecular complexity index is 706. The van der Waals surface area contributed by atoms with Crippen molar-refractivity contribution in [2.75, 3.05) is 40.1 Å². The van der Waals surface area contributed by atoms with Crippen LogP contribution in [0.15, 0.2) is 24.5 Å². The molecule has 0 aromatic carbocycles. The highest BCUT2D eigenvalue weighted by atomic mass is 16.6. The smallest absolute Gasteiger partial charge is 0.419 e. The Morgan fingerprint density at radius 3 is 2.50 bits per heavy atom. The van der Waals surface area contributed by atoms with E-state index in [9.17, 15) is 4.79 Å². The van der Waals surface area contributed by atoms with Crippen molar-refractivity contribution in [1.82, 2.24) is 9.55 Å². The van der Waals surface area contributed by atoms with E-state index in [1.54, 1.807) is 25.6 Å². The standard InChI is InChI=1S/C19H28N2O5/c1-19(2,3)26-18(22)21-14-15(17-16(21)6-5-8-20-17)7-9-24-12-13-25-11-10-23-4/h5-6,8,14H,7,9-13H2,1-4H3. The predicted molar refractivity (Wildman–Crippen MR) is 98.6 cm³/mol. The van der Waals surface area contributed by atoms with Gasteiger partial charge < -0.3 is 18.9 Å². The van der Waals surface area contributed by atoms with E-state index in [1.807, 2.05) is 26.8 Å². The van der Waals surface area contributed by atoms with Crippen LogP contribution in [0, 0.1) is 0 Å². The van der Waals surface area contributed by atoms with E-state index < -0.39 is 11.7 Å². The maximum atomic E-state index is 12.4. The second-order valence-electron chi connectivity index (χ2n) is 6.84. The molecule has 0 N–H and O–H groups in total. The highest BCUT2D eigenvalue weighted by Gasteiger charge is 2.21. The van der Waals surface area contributed by atoms with Crippen LogP contribution in [-0.4, -0.2) is 61.4 Å². The van der Waals surface area contributed by atoms with E-state index in [0.29, 0.717) is 39.5 Å². The molecule has 26 heavy (non-hydrogen) atoms. The van der Waals surface area contributed by atoms with Gasteiger partial charge in [0.25, 0.3) is 0 Å². The van der Waals surface area contributed by atoms with E-state index in [4.69, 9.17) is 18.9 Å². The van der Waals surface area contributed by atoms with Crippen LogP contribution in [0.1, 0.15) is 26.3 Å². The first-order valence-electron chi connectivity index (χ1n) is 8.75. The molecule has 0 spiro atoms. The largest absolute Gasteiger partial charge is 0.443 e. The summed E-state index contributed by atoms with van der Waals surface area (Å²) >= 11 is 0. The number of hydrogen-bond acceptors (Lipinski definition) is 6. The minimum Gasteiger partial charge on any atom is -0.443 e. The fourth-order valence-corrected chi connectivity index (χ4v) is 2.42. The molecule has 0 amide bonds. The Morgan fingerprint density at radius 1 is 1.12 bits per heavy atom. The van der Waals surface area contributed by atoms with Gasteiger partial charge in [-0.2, -0.15) is 0 Å². The van der Waals surface area contributed by atoms with Gasteiger partial charge in [0.1, 0.15) is 5.60 Å². The van der Waals surface area contributed by atoms with E-state index in [1.165, 1.54) is 4.57 Å². The summed E-state index contributed by atoms with van der Waals surface area (Å²) in [5, 5.41) is 0. The molecule has 0 unspecified atom stereocenters. The molecule has 0 atom stereocenters. The summed E-state index contributed by atoms with van der Waals surface area (Å²) in [5.74, 6) is 0. The van der Waals surface area contributed by atoms with Gasteiger partial charge in [-0.3, -0.25) is 9.55 Å². The molecule has 0 saturated carbocycles. The zero-order chi connectivity index (χ0) is 19.0. The molecule has 2 aromatic rings. The summed E-state index contributed by atoms with van der Waals surface area (Å²) in [7, 11) is 1.64. The number of fused-ring (bicyclic) bond motifs is 1. The van der Waals surface area contributed by atoms with Crippen molar-refractivity contribution < 1.29 is 23.7 Å². The molecule has 0 bridgehead atoms. The van der Waals surface area contributed by atoms with Crippen LogP contribution in [0.5, 0.6) is 0 Å². The lowest BCUT2D eigenvalue weighted by atomic mass is 10.2. The molecule has 2 heterocycles. The van der Waals surface area contributed by atoms with Crippen LogP contribution in [-0.2, 0) is 25.4 Å². The predicted octanol–water partition coefficient (Wildman–Crippen LogP) is 3.04. The molecular weight excluding hydrogens is 336 g/mol. The van der Waals surface area contributed by atoms with E-state index in [0.717, 1.165) is 16.6 Å². The molecule has 2 rings (SSSR count). The van der Waals surface area contributed by atoms with Gasteiger partial charge in [-0.15, -0.1) is 0 Å². The molecule has 0 fully saturated rings. The molecule has 7 heteroatoms. The second kappa shape index (κ2) is 9.66. The van der Waals surface area contributed by atoms with E-state index >= 15 is 0 Å². The third-order valence-corrected chi connectivity index (χ3v) is 3.54. The Kier molecular flexibility index (Phi) is 7.56. The van der Waals surface area contributed by atoms with Gasteiger partial charge in [-0.1, -0.05) is 0 Å². The first-order chi connectivity index (χ1) is 12.4. The minimum absolute atomic E-state index is 0.408. The highest BCUT2D eigenvalue weighted by molar-refractivity contribution is 5.89. The maximum Gasteiger partial charge on any atom is 0.419 e. The van der Waals surface area contributed by atoms with E-state index in [2.05, 4.69) is 4.98 Å². The first-order valence-corrected chi connectivity index (χ1v) is 8.75. The molecule has 0 aliphatic carbocycles. The zero-order valence-corrected chi connectivity index (χ0v) is 16.0. The zero-order valence-electron chi connectivity index (χ0n) is 16.0. The summed E-state index contributed by atoms with van der Waals surface area (Å²) in [6, 6.07) is 3.67. The molecule has 7 nitrogen and oxygen atoms in total. The van der Waals surface area contributed by atoms with Crippen LogP contribution in [0.2, 0.25) is 0 Å². The average Bonchev–Trinajstić information content (AvgIpc) is 2.95. The van der Waals surface area contributed by atoms with Gasteiger partial charge in [-0.25, -0.2) is 4.79 Å². The van der Waals surface area contributed by atoms with Gasteiger partial charge >= 0.3 is 6.09 Å². The van der Waals surface area contributed by atoms with Crippen molar-refractivity contribution in [3.05, 3.63) is 30.1 Å². The van der Waals surface area contributed by atoms with Crippen LogP contribution in [0.4, 0.5) is 4.79 Å². The van der Waals surface area contributed by atoms with Crippen molar-refractivity contribution in [2.45, 2.75) is 32.8 Å². The van der Waals surface area contributed by atoms with Gasteiger partial charge in [0.2, 0.25) is 0 Å². The van der Waals surface area contributed by atoms with E-state index in [-0.39, 0.29) is 0 Å². The highest BCUT2D eigenvalue weighted by Crippen LogP contribution is 2.21. The molecule has 0 aliphatic heterocycles. The van der Waals surface area contributed by atoms with Gasteiger partial charge in [0, 0.05) is 19.5 Å². The second-order valence-corrected chi connectivity index (χ2v) is 6.84. The van der Waals surface area contributed by atoms with Crippen molar-refractivity contribution in [2.24, 2.45) is 0 Å². The molecule has 2 aromatic heterocycles. The van der Waals surface area contributed by atoms with Gasteiger partial charge in [0.15, 0.2) is 0 Å². The molecule has 0 aliphatic rings. The van der Waals surface area contributed by atoms with Gasteiger partial charge in [0.05, 0.1) is 44.1 Å².